The second kappa shape index (κ2) is 7.25. The van der Waals surface area contributed by atoms with E-state index in [1.165, 1.54) is 0 Å². The Labute approximate surface area is 116 Å². The maximum Gasteiger partial charge on any atom is 0.251 e. The molecule has 2 unspecified atom stereocenters. The van der Waals surface area contributed by atoms with Gasteiger partial charge in [0.05, 0.1) is 5.69 Å². The average Bonchev–Trinajstić information content (AvgIpc) is 2.36. The summed E-state index contributed by atoms with van der Waals surface area (Å²) < 4.78 is 11.0. The quantitative estimate of drug-likeness (QED) is 0.540. The van der Waals surface area contributed by atoms with Gasteiger partial charge in [-0.05, 0) is 44.0 Å². The van der Waals surface area contributed by atoms with Crippen LogP contribution in [0.2, 0.25) is 0 Å². The summed E-state index contributed by atoms with van der Waals surface area (Å²) in [5.41, 5.74) is 4.88. The normalized spacial score (nSPS) is 13.7. The molecule has 0 aliphatic rings. The largest absolute Gasteiger partial charge is 0.350 e. The Hall–Kier alpha value is -1.40. The number of benzene rings is 1. The molecule has 1 aromatic carbocycles. The van der Waals surface area contributed by atoms with Gasteiger partial charge in [-0.1, -0.05) is 0 Å². The van der Waals surface area contributed by atoms with Crippen molar-refractivity contribution < 1.29 is 9.00 Å². The first kappa shape index (κ1) is 15.7. The lowest BCUT2D eigenvalue weighted by Crippen LogP contribution is -2.33. The maximum absolute atomic E-state index is 12.0. The highest BCUT2D eigenvalue weighted by Gasteiger charge is 2.11. The number of anilines is 1. The lowest BCUT2D eigenvalue weighted by atomic mass is 10.1. The molecule has 0 aliphatic heterocycles. The zero-order valence-electron chi connectivity index (χ0n) is 11.5. The Kier molecular flexibility index (Phi) is 5.98. The minimum absolute atomic E-state index is 0.00372. The fraction of sp³-hybridized carbons (Fsp3) is 0.462. The lowest BCUT2D eigenvalue weighted by molar-refractivity contribution is 0.0939. The number of hydrogen-bond donors (Lipinski definition) is 3. The van der Waals surface area contributed by atoms with Crippen molar-refractivity contribution in [1.82, 2.24) is 5.32 Å². The fourth-order valence-corrected chi connectivity index (χ4v) is 2.37. The summed E-state index contributed by atoms with van der Waals surface area (Å²) in [6, 6.07) is 5.29. The molecule has 106 valence electrons. The van der Waals surface area contributed by atoms with Crippen LogP contribution in [0.1, 0.15) is 29.3 Å². The van der Waals surface area contributed by atoms with Crippen molar-refractivity contribution in [3.8, 4) is 0 Å². The molecule has 0 aromatic heterocycles. The molecule has 0 heterocycles. The predicted octanol–water partition coefficient (Wildman–Crippen LogP) is 1.17. The Morgan fingerprint density at radius 2 is 2.16 bits per heavy atom. The molecule has 0 saturated heterocycles. The van der Waals surface area contributed by atoms with Gasteiger partial charge in [-0.2, -0.15) is 0 Å². The molecule has 0 spiro atoms. The molecule has 0 bridgehead atoms. The molecule has 6 heteroatoms. The summed E-state index contributed by atoms with van der Waals surface area (Å²) >= 11 is 0. The molecule has 5 nitrogen and oxygen atoms in total. The van der Waals surface area contributed by atoms with Gasteiger partial charge in [0.2, 0.25) is 0 Å². The van der Waals surface area contributed by atoms with Crippen LogP contribution in [0.5, 0.6) is 0 Å². The SMILES string of the molecule is Cc1cc(C(=O)NC(C)CCS(C)=O)ccc1NN. The summed E-state index contributed by atoms with van der Waals surface area (Å²) in [6.07, 6.45) is 2.37. The van der Waals surface area contributed by atoms with Gasteiger partial charge in [0.25, 0.3) is 5.91 Å². The number of rotatable bonds is 6. The van der Waals surface area contributed by atoms with Crippen molar-refractivity contribution in [3.05, 3.63) is 29.3 Å². The van der Waals surface area contributed by atoms with Gasteiger partial charge in [-0.25, -0.2) is 0 Å². The molecular formula is C13H21N3O2S. The van der Waals surface area contributed by atoms with Crippen molar-refractivity contribution in [2.45, 2.75) is 26.3 Å². The zero-order valence-corrected chi connectivity index (χ0v) is 12.3. The van der Waals surface area contributed by atoms with E-state index in [0.29, 0.717) is 17.7 Å². The Morgan fingerprint density at radius 1 is 1.47 bits per heavy atom. The van der Waals surface area contributed by atoms with Gasteiger partial charge >= 0.3 is 0 Å². The van der Waals surface area contributed by atoms with E-state index in [1.54, 1.807) is 24.5 Å². The minimum Gasteiger partial charge on any atom is -0.350 e. The molecule has 4 N–H and O–H groups in total. The van der Waals surface area contributed by atoms with E-state index in [4.69, 9.17) is 5.84 Å². The lowest BCUT2D eigenvalue weighted by Gasteiger charge is -2.14. The molecule has 1 rings (SSSR count). The molecule has 0 fully saturated rings. The number of nitrogens with one attached hydrogen (secondary N) is 2. The van der Waals surface area contributed by atoms with E-state index < -0.39 is 10.8 Å². The van der Waals surface area contributed by atoms with Gasteiger partial charge in [-0.15, -0.1) is 0 Å². The van der Waals surface area contributed by atoms with Gasteiger partial charge in [0, 0.05) is 34.4 Å². The highest BCUT2D eigenvalue weighted by molar-refractivity contribution is 7.84. The highest BCUT2D eigenvalue weighted by Crippen LogP contribution is 2.15. The standard InChI is InChI=1S/C13H21N3O2S/c1-9-8-11(4-5-12(9)16-14)13(17)15-10(2)6-7-19(3)18/h4-5,8,10,16H,6-7,14H2,1-3H3,(H,15,17). The van der Waals surface area contributed by atoms with Gasteiger partial charge in [0.1, 0.15) is 0 Å². The second-order valence-corrected chi connectivity index (χ2v) is 6.17. The average molecular weight is 283 g/mol. The number of nitrogens with two attached hydrogens (primary N) is 1. The van der Waals surface area contributed by atoms with Gasteiger partial charge in [-0.3, -0.25) is 14.8 Å². The fourth-order valence-electron chi connectivity index (χ4n) is 1.69. The van der Waals surface area contributed by atoms with E-state index >= 15 is 0 Å². The van der Waals surface area contributed by atoms with E-state index in [1.807, 2.05) is 13.8 Å². The van der Waals surface area contributed by atoms with E-state index in [9.17, 15) is 9.00 Å². The molecule has 0 saturated carbocycles. The van der Waals surface area contributed by atoms with Crippen molar-refractivity contribution in [3.63, 3.8) is 0 Å². The molecule has 19 heavy (non-hydrogen) atoms. The van der Waals surface area contributed by atoms with E-state index in [2.05, 4.69) is 10.7 Å². The van der Waals surface area contributed by atoms with Gasteiger partial charge < -0.3 is 10.7 Å². The molecule has 1 amide bonds. The topological polar surface area (TPSA) is 84.2 Å². The van der Waals surface area contributed by atoms with Crippen molar-refractivity contribution in [1.29, 1.82) is 0 Å². The van der Waals surface area contributed by atoms with E-state index in [0.717, 1.165) is 11.3 Å². The molecule has 1 aromatic rings. The van der Waals surface area contributed by atoms with Crippen LogP contribution in [0.25, 0.3) is 0 Å². The van der Waals surface area contributed by atoms with Crippen LogP contribution >= 0.6 is 0 Å². The number of amides is 1. The van der Waals surface area contributed by atoms with Crippen LogP contribution in [0.15, 0.2) is 18.2 Å². The third-order valence-corrected chi connectivity index (χ3v) is 3.67. The third-order valence-electron chi connectivity index (χ3n) is 2.86. The first-order valence-corrected chi connectivity index (χ1v) is 7.85. The number of hydrazine groups is 1. The molecular weight excluding hydrogens is 262 g/mol. The summed E-state index contributed by atoms with van der Waals surface area (Å²) in [7, 11) is -0.827. The summed E-state index contributed by atoms with van der Waals surface area (Å²) in [5, 5.41) is 2.89. The third kappa shape index (κ3) is 5.00. The van der Waals surface area contributed by atoms with Gasteiger partial charge in [0.15, 0.2) is 0 Å². The van der Waals surface area contributed by atoms with Crippen molar-refractivity contribution in [2.75, 3.05) is 17.4 Å². The van der Waals surface area contributed by atoms with Crippen LogP contribution in [0.3, 0.4) is 0 Å². The number of hydrogen-bond acceptors (Lipinski definition) is 4. The first-order valence-electron chi connectivity index (χ1n) is 6.12. The first-order chi connectivity index (χ1) is 8.93. The number of carbonyl (C=O) groups is 1. The van der Waals surface area contributed by atoms with Crippen LogP contribution in [-0.4, -0.2) is 28.2 Å². The molecule has 0 radical (unpaired) electrons. The van der Waals surface area contributed by atoms with Crippen LogP contribution in [0, 0.1) is 6.92 Å². The monoisotopic (exact) mass is 283 g/mol. The minimum atomic E-state index is -0.827. The Bertz CT molecular complexity index is 477. The van der Waals surface area contributed by atoms with Crippen molar-refractivity contribution >= 4 is 22.4 Å². The smallest absolute Gasteiger partial charge is 0.251 e. The zero-order chi connectivity index (χ0) is 14.4. The number of nitrogen functional groups attached to an aromatic ring is 1. The highest BCUT2D eigenvalue weighted by atomic mass is 32.2. The second-order valence-electron chi connectivity index (χ2n) is 4.61. The van der Waals surface area contributed by atoms with Crippen LogP contribution < -0.4 is 16.6 Å². The summed E-state index contributed by atoms with van der Waals surface area (Å²) in [6.45, 7) is 3.79. The number of aryl methyl sites for hydroxylation is 1. The Balaban J connectivity index is 2.62. The summed E-state index contributed by atoms with van der Waals surface area (Å²) in [5.74, 6) is 5.82. The maximum atomic E-state index is 12.0. The molecule has 0 aliphatic carbocycles. The van der Waals surface area contributed by atoms with E-state index in [-0.39, 0.29) is 11.9 Å². The number of carbonyl (C=O) groups excluding carboxylic acids is 1. The van der Waals surface area contributed by atoms with Crippen molar-refractivity contribution in [2.24, 2.45) is 5.84 Å². The molecule has 2 atom stereocenters. The van der Waals surface area contributed by atoms with Crippen LogP contribution in [-0.2, 0) is 10.8 Å². The Morgan fingerprint density at radius 3 is 2.68 bits per heavy atom. The predicted molar refractivity (Wildman–Crippen MR) is 79.5 cm³/mol. The van der Waals surface area contributed by atoms with Crippen LogP contribution in [0.4, 0.5) is 5.69 Å². The summed E-state index contributed by atoms with van der Waals surface area (Å²) in [4.78, 5) is 12.0.